The van der Waals surface area contributed by atoms with E-state index < -0.39 is 0 Å². The molecule has 27 heavy (non-hydrogen) atoms. The summed E-state index contributed by atoms with van der Waals surface area (Å²) < 4.78 is 5.29. The highest BCUT2D eigenvalue weighted by Gasteiger charge is 2.24. The highest BCUT2D eigenvalue weighted by Crippen LogP contribution is 2.40. The van der Waals surface area contributed by atoms with E-state index in [-0.39, 0.29) is 11.8 Å². The molecule has 2 amide bonds. The molecule has 0 unspecified atom stereocenters. The van der Waals surface area contributed by atoms with Crippen molar-refractivity contribution >= 4 is 46.9 Å². The first kappa shape index (κ1) is 18.1. The van der Waals surface area contributed by atoms with Crippen LogP contribution >= 0.6 is 23.4 Å². The van der Waals surface area contributed by atoms with E-state index in [1.807, 2.05) is 24.3 Å². The summed E-state index contributed by atoms with van der Waals surface area (Å²) in [5.74, 6) is -0.249. The molecule has 0 radical (unpaired) electrons. The molecule has 0 saturated carbocycles. The van der Waals surface area contributed by atoms with Crippen LogP contribution in [0.25, 0.3) is 6.08 Å². The van der Waals surface area contributed by atoms with Gasteiger partial charge in [0.25, 0.3) is 11.8 Å². The lowest BCUT2D eigenvalue weighted by molar-refractivity contribution is -0.112. The number of nitrogens with one attached hydrogen (secondary N) is 1. The van der Waals surface area contributed by atoms with Crippen LogP contribution in [0.5, 0.6) is 0 Å². The number of anilines is 1. The summed E-state index contributed by atoms with van der Waals surface area (Å²) >= 11 is 7.55. The lowest BCUT2D eigenvalue weighted by atomic mass is 10.1. The topological polar surface area (TPSA) is 58.6 Å². The summed E-state index contributed by atoms with van der Waals surface area (Å²) in [6.07, 6.45) is 1.78. The van der Waals surface area contributed by atoms with Gasteiger partial charge in [-0.25, -0.2) is 0 Å². The zero-order chi connectivity index (χ0) is 18.8. The fourth-order valence-corrected chi connectivity index (χ4v) is 4.09. The Hall–Kier alpha value is -2.28. The van der Waals surface area contributed by atoms with E-state index in [9.17, 15) is 9.59 Å². The SMILES string of the molecule is O=C1Nc2cc(C(=O)N3CCOCC3)ccc2SC1=Cc1ccccc1Cl. The minimum atomic E-state index is -0.205. The van der Waals surface area contributed by atoms with Crippen molar-refractivity contribution in [2.75, 3.05) is 31.6 Å². The molecule has 0 bridgehead atoms. The standard InChI is InChI=1S/C20H17ClN2O3S/c21-15-4-2-1-3-13(15)12-18-19(24)22-16-11-14(5-6-17(16)27-18)20(25)23-7-9-26-10-8-23/h1-6,11-12H,7-10H2,(H,22,24). The maximum Gasteiger partial charge on any atom is 0.262 e. The van der Waals surface area contributed by atoms with Gasteiger partial charge in [-0.2, -0.15) is 0 Å². The molecular weight excluding hydrogens is 384 g/mol. The number of rotatable bonds is 2. The molecule has 7 heteroatoms. The van der Waals surface area contributed by atoms with E-state index in [2.05, 4.69) is 5.32 Å². The molecule has 2 heterocycles. The zero-order valence-electron chi connectivity index (χ0n) is 14.4. The van der Waals surface area contributed by atoms with Crippen molar-refractivity contribution < 1.29 is 14.3 Å². The van der Waals surface area contributed by atoms with E-state index >= 15 is 0 Å². The van der Waals surface area contributed by atoms with Gasteiger partial charge >= 0.3 is 0 Å². The van der Waals surface area contributed by atoms with Crippen LogP contribution in [0.4, 0.5) is 5.69 Å². The van der Waals surface area contributed by atoms with Gasteiger partial charge < -0.3 is 15.0 Å². The monoisotopic (exact) mass is 400 g/mol. The molecule has 5 nitrogen and oxygen atoms in total. The van der Waals surface area contributed by atoms with Crippen LogP contribution in [0.1, 0.15) is 15.9 Å². The van der Waals surface area contributed by atoms with Gasteiger partial charge in [0.15, 0.2) is 0 Å². The van der Waals surface area contributed by atoms with Crippen molar-refractivity contribution in [2.24, 2.45) is 0 Å². The Morgan fingerprint density at radius 1 is 1.19 bits per heavy atom. The Morgan fingerprint density at radius 2 is 1.96 bits per heavy atom. The number of morpholine rings is 1. The van der Waals surface area contributed by atoms with Gasteiger partial charge in [0.05, 0.1) is 23.8 Å². The lowest BCUT2D eigenvalue weighted by Gasteiger charge is -2.27. The number of thioether (sulfide) groups is 1. The molecule has 0 atom stereocenters. The molecule has 0 aromatic heterocycles. The Bertz CT molecular complexity index is 939. The molecule has 138 valence electrons. The Balaban J connectivity index is 1.58. The van der Waals surface area contributed by atoms with Crippen LogP contribution in [-0.4, -0.2) is 43.0 Å². The number of nitrogens with zero attached hydrogens (tertiary/aromatic N) is 1. The maximum atomic E-state index is 12.6. The van der Waals surface area contributed by atoms with Gasteiger partial charge in [0.2, 0.25) is 0 Å². The summed E-state index contributed by atoms with van der Waals surface area (Å²) in [5, 5.41) is 3.47. The summed E-state index contributed by atoms with van der Waals surface area (Å²) in [6, 6.07) is 12.8. The summed E-state index contributed by atoms with van der Waals surface area (Å²) in [5.41, 5.74) is 2.01. The van der Waals surface area contributed by atoms with Crippen molar-refractivity contribution in [3.8, 4) is 0 Å². The fraction of sp³-hybridized carbons (Fsp3) is 0.200. The number of carbonyl (C=O) groups is 2. The minimum Gasteiger partial charge on any atom is -0.378 e. The average molecular weight is 401 g/mol. The van der Waals surface area contributed by atoms with Crippen molar-refractivity contribution in [3.05, 3.63) is 63.5 Å². The first-order chi connectivity index (χ1) is 13.1. The van der Waals surface area contributed by atoms with Crippen LogP contribution in [0.3, 0.4) is 0 Å². The molecular formula is C20H17ClN2O3S. The van der Waals surface area contributed by atoms with E-state index in [1.54, 1.807) is 29.2 Å². The molecule has 1 fully saturated rings. The van der Waals surface area contributed by atoms with Crippen molar-refractivity contribution in [1.29, 1.82) is 0 Å². The van der Waals surface area contributed by atoms with Gasteiger partial charge in [0, 0.05) is 28.6 Å². The van der Waals surface area contributed by atoms with Crippen molar-refractivity contribution in [1.82, 2.24) is 4.90 Å². The largest absolute Gasteiger partial charge is 0.378 e. The van der Waals surface area contributed by atoms with Crippen LogP contribution in [-0.2, 0) is 9.53 Å². The Labute approximate surface area is 166 Å². The third-order valence-corrected chi connectivity index (χ3v) is 5.85. The second-order valence-corrected chi connectivity index (χ2v) is 7.69. The molecule has 2 aromatic rings. The molecule has 0 aliphatic carbocycles. The summed E-state index contributed by atoms with van der Waals surface area (Å²) in [4.78, 5) is 28.4. The maximum absolute atomic E-state index is 12.6. The molecule has 2 aliphatic rings. The third kappa shape index (κ3) is 3.88. The van der Waals surface area contributed by atoms with Gasteiger partial charge in [-0.3, -0.25) is 9.59 Å². The van der Waals surface area contributed by atoms with Crippen LogP contribution in [0.15, 0.2) is 52.3 Å². The van der Waals surface area contributed by atoms with Crippen molar-refractivity contribution in [2.45, 2.75) is 4.90 Å². The lowest BCUT2D eigenvalue weighted by Crippen LogP contribution is -2.40. The summed E-state index contributed by atoms with van der Waals surface area (Å²) in [7, 11) is 0. The van der Waals surface area contributed by atoms with Gasteiger partial charge in [-0.05, 0) is 35.9 Å². The predicted molar refractivity (Wildman–Crippen MR) is 107 cm³/mol. The molecule has 2 aliphatic heterocycles. The smallest absolute Gasteiger partial charge is 0.262 e. The first-order valence-electron chi connectivity index (χ1n) is 8.58. The van der Waals surface area contributed by atoms with Gasteiger partial charge in [-0.1, -0.05) is 41.6 Å². The Kier molecular flexibility index (Phi) is 5.20. The predicted octanol–water partition coefficient (Wildman–Crippen LogP) is 3.90. The van der Waals surface area contributed by atoms with Crippen molar-refractivity contribution in [3.63, 3.8) is 0 Å². The number of carbonyl (C=O) groups excluding carboxylic acids is 2. The zero-order valence-corrected chi connectivity index (χ0v) is 16.0. The average Bonchev–Trinajstić information content (AvgIpc) is 2.70. The third-order valence-electron chi connectivity index (χ3n) is 4.41. The molecule has 0 spiro atoms. The molecule has 2 aromatic carbocycles. The highest BCUT2D eigenvalue weighted by molar-refractivity contribution is 8.04. The molecule has 4 rings (SSSR count). The van der Waals surface area contributed by atoms with Crippen LogP contribution < -0.4 is 5.32 Å². The fourth-order valence-electron chi connectivity index (χ4n) is 2.98. The second-order valence-electron chi connectivity index (χ2n) is 6.20. The molecule has 1 N–H and O–H groups in total. The number of fused-ring (bicyclic) bond motifs is 1. The molecule has 1 saturated heterocycles. The second kappa shape index (κ2) is 7.76. The Morgan fingerprint density at radius 3 is 2.74 bits per heavy atom. The minimum absolute atomic E-state index is 0.0437. The highest BCUT2D eigenvalue weighted by atomic mass is 35.5. The van der Waals surface area contributed by atoms with E-state index in [0.29, 0.717) is 47.5 Å². The quantitative estimate of drug-likeness (QED) is 0.777. The van der Waals surface area contributed by atoms with Gasteiger partial charge in [0.1, 0.15) is 0 Å². The number of halogens is 1. The number of amides is 2. The van der Waals surface area contributed by atoms with Gasteiger partial charge in [-0.15, -0.1) is 0 Å². The number of benzene rings is 2. The van der Waals surface area contributed by atoms with Crippen LogP contribution in [0, 0.1) is 0 Å². The van der Waals surface area contributed by atoms with E-state index in [4.69, 9.17) is 16.3 Å². The van der Waals surface area contributed by atoms with E-state index in [1.165, 1.54) is 11.8 Å². The normalized spacial score (nSPS) is 18.2. The first-order valence-corrected chi connectivity index (χ1v) is 9.78. The number of ether oxygens (including phenoxy) is 1. The number of hydrogen-bond donors (Lipinski definition) is 1. The van der Waals surface area contributed by atoms with E-state index in [0.717, 1.165) is 10.5 Å². The summed E-state index contributed by atoms with van der Waals surface area (Å²) in [6.45, 7) is 2.28. The van der Waals surface area contributed by atoms with Crippen LogP contribution in [0.2, 0.25) is 5.02 Å². The number of hydrogen-bond acceptors (Lipinski definition) is 4.